The maximum absolute atomic E-state index is 13.1. The monoisotopic (exact) mass is 503 g/mol. The van der Waals surface area contributed by atoms with Gasteiger partial charge in [0.2, 0.25) is 5.91 Å². The quantitative estimate of drug-likeness (QED) is 0.503. The second-order valence-electron chi connectivity index (χ2n) is 9.65. The van der Waals surface area contributed by atoms with Crippen molar-refractivity contribution >= 4 is 38.5 Å². The van der Waals surface area contributed by atoms with Crippen LogP contribution in [-0.2, 0) is 24.2 Å². The molecule has 35 heavy (non-hydrogen) atoms. The van der Waals surface area contributed by atoms with Gasteiger partial charge < -0.3 is 15.4 Å². The standard InChI is InChI=1S/C25H33N3O6S/c1-16(2)22(28-23(30)20-12-11-17-9-7-8-10-19(17)27-20)24(31)26-18(13-14-35(6,32)33)15-21(29)34-25(3,4)5/h7-14,16,18,22H,15H2,1-6H3,(H,26,31)(H,28,30)/b14-13+/t18-,22?/m1/s1. The number of ether oxygens (including phenoxy) is 1. The molecule has 2 N–H and O–H groups in total. The van der Waals surface area contributed by atoms with E-state index in [4.69, 9.17) is 4.74 Å². The number of hydrogen-bond acceptors (Lipinski definition) is 7. The first-order valence-electron chi connectivity index (χ1n) is 11.2. The lowest BCUT2D eigenvalue weighted by Crippen LogP contribution is -2.52. The fourth-order valence-corrected chi connectivity index (χ4v) is 3.66. The summed E-state index contributed by atoms with van der Waals surface area (Å²) in [6.07, 6.45) is 1.95. The van der Waals surface area contributed by atoms with E-state index in [0.717, 1.165) is 17.1 Å². The molecule has 0 radical (unpaired) electrons. The predicted octanol–water partition coefficient (Wildman–Crippen LogP) is 2.76. The van der Waals surface area contributed by atoms with E-state index < -0.39 is 45.3 Å². The summed E-state index contributed by atoms with van der Waals surface area (Å²) in [6.45, 7) is 8.63. The number of hydrogen-bond donors (Lipinski definition) is 2. The predicted molar refractivity (Wildman–Crippen MR) is 134 cm³/mol. The number of benzene rings is 1. The molecule has 1 unspecified atom stereocenters. The van der Waals surface area contributed by atoms with E-state index in [1.807, 2.05) is 18.2 Å². The summed E-state index contributed by atoms with van der Waals surface area (Å²) in [4.78, 5) is 42.6. The molecule has 0 aliphatic carbocycles. The zero-order valence-electron chi connectivity index (χ0n) is 20.9. The van der Waals surface area contributed by atoms with Gasteiger partial charge in [-0.2, -0.15) is 0 Å². The largest absolute Gasteiger partial charge is 0.460 e. The summed E-state index contributed by atoms with van der Waals surface area (Å²) in [5.41, 5.74) is 0.0616. The molecule has 0 bridgehead atoms. The van der Waals surface area contributed by atoms with Crippen LogP contribution in [0.1, 0.15) is 51.5 Å². The van der Waals surface area contributed by atoms with Gasteiger partial charge in [-0.15, -0.1) is 0 Å². The minimum absolute atomic E-state index is 0.157. The Morgan fingerprint density at radius 3 is 2.31 bits per heavy atom. The molecule has 9 nitrogen and oxygen atoms in total. The fraction of sp³-hybridized carbons (Fsp3) is 0.440. The van der Waals surface area contributed by atoms with Crippen LogP contribution in [0.4, 0.5) is 0 Å². The van der Waals surface area contributed by atoms with Gasteiger partial charge in [0.25, 0.3) is 5.91 Å². The van der Waals surface area contributed by atoms with Crippen LogP contribution in [0.25, 0.3) is 10.9 Å². The number of fused-ring (bicyclic) bond motifs is 1. The van der Waals surface area contributed by atoms with Gasteiger partial charge in [-0.3, -0.25) is 14.4 Å². The number of carbonyl (C=O) groups is 3. The highest BCUT2D eigenvalue weighted by Gasteiger charge is 2.28. The molecule has 1 aromatic heterocycles. The van der Waals surface area contributed by atoms with Crippen molar-refractivity contribution in [3.8, 4) is 0 Å². The molecular formula is C25H33N3O6S. The Labute approximate surface area is 206 Å². The molecule has 2 amide bonds. The number of nitrogens with zero attached hydrogens (tertiary/aromatic N) is 1. The highest BCUT2D eigenvalue weighted by atomic mass is 32.2. The summed E-state index contributed by atoms with van der Waals surface area (Å²) in [5, 5.41) is 7.14. The summed E-state index contributed by atoms with van der Waals surface area (Å²) < 4.78 is 28.5. The first-order valence-corrected chi connectivity index (χ1v) is 13.2. The maximum atomic E-state index is 13.1. The van der Waals surface area contributed by atoms with E-state index in [-0.39, 0.29) is 18.0 Å². The Morgan fingerprint density at radius 2 is 1.71 bits per heavy atom. The minimum atomic E-state index is -3.50. The van der Waals surface area contributed by atoms with Crippen LogP contribution in [-0.4, -0.2) is 55.1 Å². The molecule has 0 fully saturated rings. The van der Waals surface area contributed by atoms with E-state index in [1.165, 1.54) is 6.08 Å². The summed E-state index contributed by atoms with van der Waals surface area (Å²) >= 11 is 0. The van der Waals surface area contributed by atoms with Crippen molar-refractivity contribution in [3.05, 3.63) is 53.6 Å². The van der Waals surface area contributed by atoms with Gasteiger partial charge in [-0.1, -0.05) is 44.2 Å². The van der Waals surface area contributed by atoms with Crippen molar-refractivity contribution < 1.29 is 27.5 Å². The molecule has 2 aromatic rings. The van der Waals surface area contributed by atoms with E-state index in [2.05, 4.69) is 15.6 Å². The van der Waals surface area contributed by atoms with Gasteiger partial charge in [-0.25, -0.2) is 13.4 Å². The smallest absolute Gasteiger partial charge is 0.308 e. The third kappa shape index (κ3) is 9.48. The first kappa shape index (κ1) is 28.0. The SMILES string of the molecule is CC(C)C(NC(=O)c1ccc2ccccc2n1)C(=O)N[C@H](/C=C/S(C)(=O)=O)CC(=O)OC(C)(C)C. The van der Waals surface area contributed by atoms with Gasteiger partial charge in [0.05, 0.1) is 18.0 Å². The van der Waals surface area contributed by atoms with Crippen LogP contribution in [0.2, 0.25) is 0 Å². The van der Waals surface area contributed by atoms with Crippen molar-refractivity contribution in [1.29, 1.82) is 0 Å². The number of pyridine rings is 1. The van der Waals surface area contributed by atoms with Crippen LogP contribution < -0.4 is 10.6 Å². The highest BCUT2D eigenvalue weighted by molar-refractivity contribution is 7.93. The third-order valence-corrected chi connectivity index (χ3v) is 5.41. The Hall–Kier alpha value is -3.27. The van der Waals surface area contributed by atoms with Crippen LogP contribution in [0.5, 0.6) is 0 Å². The molecular weight excluding hydrogens is 470 g/mol. The van der Waals surface area contributed by atoms with Crippen LogP contribution in [0.15, 0.2) is 47.9 Å². The lowest BCUT2D eigenvalue weighted by atomic mass is 10.0. The number of carbonyl (C=O) groups excluding carboxylic acids is 3. The number of para-hydroxylation sites is 1. The number of esters is 1. The third-order valence-electron chi connectivity index (χ3n) is 4.76. The Morgan fingerprint density at radius 1 is 1.06 bits per heavy atom. The Balaban J connectivity index is 2.20. The molecule has 2 atom stereocenters. The molecule has 2 rings (SSSR count). The van der Waals surface area contributed by atoms with Crippen LogP contribution in [0.3, 0.4) is 0 Å². The Kier molecular flexibility index (Phi) is 9.14. The molecule has 10 heteroatoms. The average molecular weight is 504 g/mol. The van der Waals surface area contributed by atoms with E-state index in [0.29, 0.717) is 5.52 Å². The number of nitrogens with one attached hydrogen (secondary N) is 2. The fourth-order valence-electron chi connectivity index (χ4n) is 3.18. The number of amides is 2. The van der Waals surface area contributed by atoms with Crippen molar-refractivity contribution in [3.63, 3.8) is 0 Å². The molecule has 1 heterocycles. The normalized spacial score (nSPS) is 14.0. The van der Waals surface area contributed by atoms with E-state index in [9.17, 15) is 22.8 Å². The second kappa shape index (κ2) is 11.4. The van der Waals surface area contributed by atoms with Crippen LogP contribution in [0, 0.1) is 5.92 Å². The van der Waals surface area contributed by atoms with E-state index in [1.54, 1.807) is 52.8 Å². The molecule has 190 valence electrons. The van der Waals surface area contributed by atoms with Crippen molar-refractivity contribution in [1.82, 2.24) is 15.6 Å². The van der Waals surface area contributed by atoms with Crippen molar-refractivity contribution in [2.75, 3.05) is 6.26 Å². The zero-order valence-corrected chi connectivity index (χ0v) is 21.7. The summed E-state index contributed by atoms with van der Waals surface area (Å²) in [7, 11) is -3.50. The second-order valence-corrected chi connectivity index (χ2v) is 11.6. The summed E-state index contributed by atoms with van der Waals surface area (Å²) in [6, 6.07) is 8.79. The van der Waals surface area contributed by atoms with Crippen LogP contribution >= 0.6 is 0 Å². The number of rotatable bonds is 9. The van der Waals surface area contributed by atoms with E-state index >= 15 is 0 Å². The molecule has 0 aliphatic rings. The lowest BCUT2D eigenvalue weighted by Gasteiger charge is -2.25. The van der Waals surface area contributed by atoms with Gasteiger partial charge in [0.1, 0.15) is 17.3 Å². The molecule has 0 aliphatic heterocycles. The van der Waals surface area contributed by atoms with Gasteiger partial charge >= 0.3 is 5.97 Å². The van der Waals surface area contributed by atoms with Crippen molar-refractivity contribution in [2.24, 2.45) is 5.92 Å². The molecule has 1 aromatic carbocycles. The average Bonchev–Trinajstić information content (AvgIpc) is 2.73. The maximum Gasteiger partial charge on any atom is 0.308 e. The number of sulfone groups is 1. The first-order chi connectivity index (χ1) is 16.1. The van der Waals surface area contributed by atoms with Crippen molar-refractivity contribution in [2.45, 2.75) is 58.7 Å². The van der Waals surface area contributed by atoms with Gasteiger partial charge in [0.15, 0.2) is 9.84 Å². The van der Waals surface area contributed by atoms with Gasteiger partial charge in [-0.05, 0) is 38.8 Å². The molecule has 0 spiro atoms. The molecule has 0 saturated carbocycles. The number of aromatic nitrogens is 1. The lowest BCUT2D eigenvalue weighted by molar-refractivity contribution is -0.155. The summed E-state index contributed by atoms with van der Waals surface area (Å²) in [5.74, 6) is -2.01. The topological polar surface area (TPSA) is 132 Å². The zero-order chi connectivity index (χ0) is 26.4. The minimum Gasteiger partial charge on any atom is -0.460 e. The Bertz CT molecular complexity index is 1220. The molecule has 0 saturated heterocycles. The van der Waals surface area contributed by atoms with Gasteiger partial charge in [0, 0.05) is 17.1 Å². The highest BCUT2D eigenvalue weighted by Crippen LogP contribution is 2.14.